The van der Waals surface area contributed by atoms with Gasteiger partial charge in [-0.3, -0.25) is 14.9 Å². The zero-order valence-electron chi connectivity index (χ0n) is 10.8. The van der Waals surface area contributed by atoms with Gasteiger partial charge in [0, 0.05) is 18.7 Å². The molecule has 0 bridgehead atoms. The van der Waals surface area contributed by atoms with E-state index < -0.39 is 4.92 Å². The number of carbonyl (C=O) groups excluding carboxylic acids is 1. The van der Waals surface area contributed by atoms with Crippen molar-refractivity contribution < 1.29 is 9.72 Å². The number of rotatable bonds is 5. The lowest BCUT2D eigenvalue weighted by molar-refractivity contribution is -0.384. The molecule has 20 heavy (non-hydrogen) atoms. The Morgan fingerprint density at radius 1 is 1.00 bits per heavy atom. The summed E-state index contributed by atoms with van der Waals surface area (Å²) in [6.45, 7) is 0.479. The highest BCUT2D eigenvalue weighted by molar-refractivity contribution is 5.78. The van der Waals surface area contributed by atoms with Gasteiger partial charge in [-0.15, -0.1) is 0 Å². The van der Waals surface area contributed by atoms with E-state index in [1.807, 2.05) is 30.3 Å². The van der Waals surface area contributed by atoms with Crippen molar-refractivity contribution in [1.29, 1.82) is 0 Å². The number of hydrogen-bond donors (Lipinski definition) is 1. The smallest absolute Gasteiger partial charge is 0.269 e. The fraction of sp³-hybridized carbons (Fsp3) is 0.133. The molecule has 0 radical (unpaired) electrons. The Bertz CT molecular complexity index is 594. The molecule has 102 valence electrons. The van der Waals surface area contributed by atoms with Crippen LogP contribution in [0.1, 0.15) is 11.1 Å². The van der Waals surface area contributed by atoms with Gasteiger partial charge in [0.2, 0.25) is 5.91 Å². The molecule has 0 heterocycles. The Hall–Kier alpha value is -2.69. The minimum Gasteiger partial charge on any atom is -0.352 e. The van der Waals surface area contributed by atoms with Crippen LogP contribution in [0.25, 0.3) is 0 Å². The van der Waals surface area contributed by atoms with Crippen molar-refractivity contribution >= 4 is 11.6 Å². The third kappa shape index (κ3) is 3.91. The average molecular weight is 270 g/mol. The highest BCUT2D eigenvalue weighted by Crippen LogP contribution is 2.12. The monoisotopic (exact) mass is 270 g/mol. The van der Waals surface area contributed by atoms with Crippen LogP contribution >= 0.6 is 0 Å². The lowest BCUT2D eigenvalue weighted by atomic mass is 10.1. The van der Waals surface area contributed by atoms with Gasteiger partial charge < -0.3 is 5.32 Å². The number of non-ortho nitro benzene ring substituents is 1. The van der Waals surface area contributed by atoms with Gasteiger partial charge in [0.15, 0.2) is 0 Å². The Kier molecular flexibility index (Phi) is 4.44. The van der Waals surface area contributed by atoms with E-state index in [1.165, 1.54) is 12.1 Å². The maximum atomic E-state index is 11.8. The number of nitrogens with one attached hydrogen (secondary N) is 1. The van der Waals surface area contributed by atoms with Gasteiger partial charge in [-0.25, -0.2) is 0 Å². The molecule has 2 rings (SSSR count). The van der Waals surface area contributed by atoms with E-state index in [0.29, 0.717) is 6.54 Å². The molecule has 5 nitrogen and oxygen atoms in total. The van der Waals surface area contributed by atoms with E-state index in [-0.39, 0.29) is 18.0 Å². The predicted molar refractivity (Wildman–Crippen MR) is 75.1 cm³/mol. The highest BCUT2D eigenvalue weighted by atomic mass is 16.6. The quantitative estimate of drug-likeness (QED) is 0.670. The maximum Gasteiger partial charge on any atom is 0.269 e. The van der Waals surface area contributed by atoms with Crippen molar-refractivity contribution in [2.45, 2.75) is 13.0 Å². The summed E-state index contributed by atoms with van der Waals surface area (Å²) in [5, 5.41) is 13.3. The van der Waals surface area contributed by atoms with Crippen LogP contribution < -0.4 is 5.32 Å². The van der Waals surface area contributed by atoms with Crippen molar-refractivity contribution in [2.75, 3.05) is 0 Å². The summed E-state index contributed by atoms with van der Waals surface area (Å²) in [4.78, 5) is 21.8. The number of nitro benzene ring substituents is 1. The van der Waals surface area contributed by atoms with E-state index in [4.69, 9.17) is 0 Å². The molecule has 0 fully saturated rings. The number of hydrogen-bond acceptors (Lipinski definition) is 3. The van der Waals surface area contributed by atoms with E-state index in [1.54, 1.807) is 12.1 Å². The van der Waals surface area contributed by atoms with Crippen molar-refractivity contribution in [1.82, 2.24) is 5.32 Å². The molecule has 5 heteroatoms. The molecule has 0 aliphatic rings. The first-order chi connectivity index (χ1) is 9.65. The van der Waals surface area contributed by atoms with Crippen LogP contribution in [-0.4, -0.2) is 10.8 Å². The summed E-state index contributed by atoms with van der Waals surface area (Å²) < 4.78 is 0. The van der Waals surface area contributed by atoms with E-state index in [2.05, 4.69) is 5.32 Å². The van der Waals surface area contributed by atoms with Crippen molar-refractivity contribution in [3.63, 3.8) is 0 Å². The van der Waals surface area contributed by atoms with Crippen LogP contribution in [0.4, 0.5) is 5.69 Å². The van der Waals surface area contributed by atoms with Crippen LogP contribution in [0.15, 0.2) is 54.6 Å². The fourth-order valence-electron chi connectivity index (χ4n) is 1.78. The molecular weight excluding hydrogens is 256 g/mol. The number of carbonyl (C=O) groups is 1. The van der Waals surface area contributed by atoms with Crippen molar-refractivity contribution in [2.24, 2.45) is 0 Å². The summed E-state index contributed by atoms with van der Waals surface area (Å²) in [5.74, 6) is -0.109. The normalized spacial score (nSPS) is 10.0. The van der Waals surface area contributed by atoms with Gasteiger partial charge in [-0.05, 0) is 11.1 Å². The molecule has 0 saturated heterocycles. The average Bonchev–Trinajstić information content (AvgIpc) is 2.47. The van der Waals surface area contributed by atoms with Crippen LogP contribution in [-0.2, 0) is 17.8 Å². The molecule has 0 aliphatic carbocycles. The highest BCUT2D eigenvalue weighted by Gasteiger charge is 2.07. The third-order valence-electron chi connectivity index (χ3n) is 2.84. The molecule has 0 saturated carbocycles. The molecule has 2 aromatic rings. The fourth-order valence-corrected chi connectivity index (χ4v) is 1.78. The molecule has 0 unspecified atom stereocenters. The van der Waals surface area contributed by atoms with E-state index >= 15 is 0 Å². The largest absolute Gasteiger partial charge is 0.352 e. The molecule has 1 amide bonds. The summed E-state index contributed by atoms with van der Waals surface area (Å²) in [7, 11) is 0. The Balaban J connectivity index is 1.86. The minimum atomic E-state index is -0.459. The summed E-state index contributed by atoms with van der Waals surface area (Å²) in [6, 6.07) is 15.6. The minimum absolute atomic E-state index is 0.0263. The van der Waals surface area contributed by atoms with Gasteiger partial charge in [0.05, 0.1) is 11.3 Å². The maximum absolute atomic E-state index is 11.8. The van der Waals surface area contributed by atoms with E-state index in [9.17, 15) is 14.9 Å². The second kappa shape index (κ2) is 6.47. The first-order valence-corrected chi connectivity index (χ1v) is 6.19. The van der Waals surface area contributed by atoms with Crippen molar-refractivity contribution in [3.8, 4) is 0 Å². The molecule has 0 aliphatic heterocycles. The number of nitrogens with zero attached hydrogens (tertiary/aromatic N) is 1. The van der Waals surface area contributed by atoms with Gasteiger partial charge in [0.1, 0.15) is 0 Å². The lowest BCUT2D eigenvalue weighted by Gasteiger charge is -2.05. The summed E-state index contributed by atoms with van der Waals surface area (Å²) in [5.41, 5.74) is 1.81. The first kappa shape index (κ1) is 13.7. The van der Waals surface area contributed by atoms with Gasteiger partial charge in [-0.2, -0.15) is 0 Å². The first-order valence-electron chi connectivity index (χ1n) is 6.19. The number of nitro groups is 1. The zero-order valence-corrected chi connectivity index (χ0v) is 10.8. The number of benzene rings is 2. The Labute approximate surface area is 116 Å². The second-order valence-electron chi connectivity index (χ2n) is 4.36. The van der Waals surface area contributed by atoms with Crippen LogP contribution in [0, 0.1) is 10.1 Å². The van der Waals surface area contributed by atoms with E-state index in [0.717, 1.165) is 11.1 Å². The van der Waals surface area contributed by atoms with Crippen LogP contribution in [0.5, 0.6) is 0 Å². The Morgan fingerprint density at radius 2 is 1.65 bits per heavy atom. The van der Waals surface area contributed by atoms with Gasteiger partial charge in [0.25, 0.3) is 5.69 Å². The molecule has 1 N–H and O–H groups in total. The molecule has 0 aromatic heterocycles. The standard InChI is InChI=1S/C15H14N2O3/c18-15(16-11-13-4-2-1-3-5-13)10-12-6-8-14(9-7-12)17(19)20/h1-9H,10-11H2,(H,16,18). The SMILES string of the molecule is O=C(Cc1ccc([N+](=O)[O-])cc1)NCc1ccccc1. The molecular formula is C15H14N2O3. The van der Waals surface area contributed by atoms with Crippen molar-refractivity contribution in [3.05, 3.63) is 75.8 Å². The molecule has 0 atom stereocenters. The van der Waals surface area contributed by atoms with Gasteiger partial charge in [-0.1, -0.05) is 42.5 Å². The summed E-state index contributed by atoms with van der Waals surface area (Å²) >= 11 is 0. The Morgan fingerprint density at radius 3 is 2.25 bits per heavy atom. The third-order valence-corrected chi connectivity index (χ3v) is 2.84. The summed E-state index contributed by atoms with van der Waals surface area (Å²) in [6.07, 6.45) is 0.213. The molecule has 0 spiro atoms. The van der Waals surface area contributed by atoms with Crippen LogP contribution in [0.3, 0.4) is 0 Å². The topological polar surface area (TPSA) is 72.2 Å². The molecule has 2 aromatic carbocycles. The number of amides is 1. The predicted octanol–water partition coefficient (Wildman–Crippen LogP) is 2.45. The van der Waals surface area contributed by atoms with Crippen LogP contribution in [0.2, 0.25) is 0 Å². The van der Waals surface area contributed by atoms with Gasteiger partial charge >= 0.3 is 0 Å². The second-order valence-corrected chi connectivity index (χ2v) is 4.36. The lowest BCUT2D eigenvalue weighted by Crippen LogP contribution is -2.24. The zero-order chi connectivity index (χ0) is 14.4.